The molecule has 1 rings (SSSR count). The zero-order valence-electron chi connectivity index (χ0n) is 6.91. The summed E-state index contributed by atoms with van der Waals surface area (Å²) in [6, 6.07) is 0. The minimum absolute atomic E-state index is 0. The average Bonchev–Trinajstić information content (AvgIpc) is 1.95. The lowest BCUT2D eigenvalue weighted by molar-refractivity contribution is -0.122. The van der Waals surface area contributed by atoms with E-state index >= 15 is 0 Å². The Hall–Kier alpha value is 0.01000. The van der Waals surface area contributed by atoms with Crippen molar-refractivity contribution in [3.05, 3.63) is 0 Å². The number of nitrogens with one attached hydrogen (secondary N) is 1. The first kappa shape index (κ1) is 14.5. The maximum Gasteiger partial charge on any atom is 0.220 e. The summed E-state index contributed by atoms with van der Waals surface area (Å²) in [5.74, 6) is 0.816. The van der Waals surface area contributed by atoms with Crippen molar-refractivity contribution in [1.82, 2.24) is 5.32 Å². The Labute approximate surface area is 85.3 Å². The lowest BCUT2D eigenvalue weighted by atomic mass is 9.96. The molecule has 0 bridgehead atoms. The maximum absolute atomic E-state index is 10.7. The highest BCUT2D eigenvalue weighted by Gasteiger charge is 2.16. The summed E-state index contributed by atoms with van der Waals surface area (Å²) in [5.41, 5.74) is 5.38. The van der Waals surface area contributed by atoms with Gasteiger partial charge in [-0.3, -0.25) is 4.79 Å². The zero-order chi connectivity index (χ0) is 7.40. The predicted octanol–water partition coefficient (Wildman–Crippen LogP) is 0.705. The van der Waals surface area contributed by atoms with Gasteiger partial charge in [0.05, 0.1) is 0 Å². The van der Waals surface area contributed by atoms with Gasteiger partial charge >= 0.3 is 0 Å². The van der Waals surface area contributed by atoms with Crippen LogP contribution in [0.1, 0.15) is 19.3 Å². The van der Waals surface area contributed by atoms with Crippen molar-refractivity contribution in [3.8, 4) is 0 Å². The number of hydrogen-bond acceptors (Lipinski definition) is 2. The van der Waals surface area contributed by atoms with Crippen molar-refractivity contribution in [3.63, 3.8) is 0 Å². The molecule has 1 aliphatic rings. The van der Waals surface area contributed by atoms with Crippen LogP contribution in [0.5, 0.6) is 0 Å². The summed E-state index contributed by atoms with van der Waals surface area (Å²) >= 11 is 0. The van der Waals surface area contributed by atoms with Crippen molar-refractivity contribution in [2.75, 3.05) is 13.1 Å². The molecule has 0 radical (unpaired) electrons. The molecule has 0 aromatic rings. The highest BCUT2D eigenvalue weighted by molar-refractivity contribution is 5.85. The average molecular weight is 215 g/mol. The fraction of sp³-hybridized carbons (Fsp3) is 0.857. The third kappa shape index (κ3) is 4.80. The number of hydrogen-bond donors (Lipinski definition) is 2. The van der Waals surface area contributed by atoms with Gasteiger partial charge in [0.2, 0.25) is 5.91 Å². The van der Waals surface area contributed by atoms with Gasteiger partial charge in [-0.05, 0) is 25.3 Å². The van der Waals surface area contributed by atoms with Crippen LogP contribution in [-0.4, -0.2) is 19.0 Å². The molecule has 1 heterocycles. The van der Waals surface area contributed by atoms with Gasteiger partial charge in [-0.15, -0.1) is 24.8 Å². The Morgan fingerprint density at radius 3 is 2.58 bits per heavy atom. The number of halogens is 2. The third-order valence-corrected chi connectivity index (χ3v) is 1.94. The van der Waals surface area contributed by atoms with E-state index < -0.39 is 0 Å². The van der Waals surface area contributed by atoms with Crippen molar-refractivity contribution < 1.29 is 4.79 Å². The normalized spacial score (nSPS) is 21.8. The topological polar surface area (TPSA) is 55.1 Å². The standard InChI is InChI=1S/C7H14N2O.2ClH/c8-4-3-6-1-2-7(10)9-5-6;;/h6H,1-5,8H2,(H,9,10);2*1H. The van der Waals surface area contributed by atoms with Gasteiger partial charge < -0.3 is 11.1 Å². The molecule has 0 aromatic carbocycles. The Morgan fingerprint density at radius 2 is 2.17 bits per heavy atom. The number of carbonyl (C=O) groups excluding carboxylic acids is 1. The molecule has 1 unspecified atom stereocenters. The van der Waals surface area contributed by atoms with Crippen LogP contribution in [0.15, 0.2) is 0 Å². The summed E-state index contributed by atoms with van der Waals surface area (Å²) in [6.45, 7) is 1.57. The Bertz CT molecular complexity index is 123. The summed E-state index contributed by atoms with van der Waals surface area (Å²) in [7, 11) is 0. The lowest BCUT2D eigenvalue weighted by Crippen LogP contribution is -2.35. The number of rotatable bonds is 2. The second kappa shape index (κ2) is 7.65. The molecule has 0 saturated carbocycles. The molecular formula is C7H16Cl2N2O. The van der Waals surface area contributed by atoms with E-state index in [1.54, 1.807) is 0 Å². The van der Waals surface area contributed by atoms with E-state index in [0.29, 0.717) is 12.3 Å². The lowest BCUT2D eigenvalue weighted by Gasteiger charge is -2.21. The molecule has 0 aromatic heterocycles. The Balaban J connectivity index is 0. The van der Waals surface area contributed by atoms with Gasteiger partial charge in [-0.25, -0.2) is 0 Å². The van der Waals surface area contributed by atoms with E-state index in [1.165, 1.54) is 0 Å². The van der Waals surface area contributed by atoms with E-state index in [-0.39, 0.29) is 30.7 Å². The van der Waals surface area contributed by atoms with Gasteiger partial charge in [0.15, 0.2) is 0 Å². The van der Waals surface area contributed by atoms with Gasteiger partial charge in [0.25, 0.3) is 0 Å². The van der Waals surface area contributed by atoms with Crippen LogP contribution in [0.25, 0.3) is 0 Å². The van der Waals surface area contributed by atoms with E-state index in [1.807, 2.05) is 0 Å². The second-order valence-corrected chi connectivity index (χ2v) is 2.79. The van der Waals surface area contributed by atoms with Crippen molar-refractivity contribution in [2.45, 2.75) is 19.3 Å². The number of piperidine rings is 1. The third-order valence-electron chi connectivity index (χ3n) is 1.94. The SMILES string of the molecule is Cl.Cl.NCCC1CCC(=O)NC1. The highest BCUT2D eigenvalue weighted by atomic mass is 35.5. The summed E-state index contributed by atoms with van der Waals surface area (Å²) in [4.78, 5) is 10.7. The molecule has 1 atom stereocenters. The molecule has 74 valence electrons. The van der Waals surface area contributed by atoms with E-state index in [0.717, 1.165) is 25.9 Å². The van der Waals surface area contributed by atoms with E-state index in [2.05, 4.69) is 5.32 Å². The smallest absolute Gasteiger partial charge is 0.220 e. The van der Waals surface area contributed by atoms with E-state index in [4.69, 9.17) is 5.73 Å². The van der Waals surface area contributed by atoms with Crippen LogP contribution >= 0.6 is 24.8 Å². The molecule has 5 heteroatoms. The van der Waals surface area contributed by atoms with Crippen molar-refractivity contribution >= 4 is 30.7 Å². The van der Waals surface area contributed by atoms with Crippen LogP contribution in [0.3, 0.4) is 0 Å². The van der Waals surface area contributed by atoms with Gasteiger partial charge in [-0.2, -0.15) is 0 Å². The molecule has 0 aliphatic carbocycles. The molecule has 0 spiro atoms. The molecule has 3 nitrogen and oxygen atoms in total. The fourth-order valence-electron chi connectivity index (χ4n) is 1.27. The first-order chi connectivity index (χ1) is 4.83. The molecule has 12 heavy (non-hydrogen) atoms. The Morgan fingerprint density at radius 1 is 1.50 bits per heavy atom. The minimum atomic E-state index is 0. The van der Waals surface area contributed by atoms with Crippen LogP contribution in [-0.2, 0) is 4.79 Å². The largest absolute Gasteiger partial charge is 0.356 e. The van der Waals surface area contributed by atoms with Gasteiger partial charge in [0, 0.05) is 13.0 Å². The number of amides is 1. The van der Waals surface area contributed by atoms with E-state index in [9.17, 15) is 4.79 Å². The van der Waals surface area contributed by atoms with Gasteiger partial charge in [0.1, 0.15) is 0 Å². The molecule has 1 amide bonds. The monoisotopic (exact) mass is 214 g/mol. The second-order valence-electron chi connectivity index (χ2n) is 2.79. The minimum Gasteiger partial charge on any atom is -0.356 e. The van der Waals surface area contributed by atoms with Crippen molar-refractivity contribution in [1.29, 1.82) is 0 Å². The first-order valence-electron chi connectivity index (χ1n) is 3.79. The quantitative estimate of drug-likeness (QED) is 0.712. The molecule has 1 aliphatic heterocycles. The van der Waals surface area contributed by atoms with Crippen molar-refractivity contribution in [2.24, 2.45) is 11.7 Å². The fourth-order valence-corrected chi connectivity index (χ4v) is 1.27. The summed E-state index contributed by atoms with van der Waals surface area (Å²) < 4.78 is 0. The first-order valence-corrected chi connectivity index (χ1v) is 3.79. The summed E-state index contributed by atoms with van der Waals surface area (Å²) in [6.07, 6.45) is 2.74. The van der Waals surface area contributed by atoms with Crippen LogP contribution in [0.4, 0.5) is 0 Å². The molecule has 1 saturated heterocycles. The van der Waals surface area contributed by atoms with Crippen LogP contribution in [0, 0.1) is 5.92 Å². The highest BCUT2D eigenvalue weighted by Crippen LogP contribution is 2.12. The zero-order valence-corrected chi connectivity index (χ0v) is 8.55. The molecule has 1 fully saturated rings. The Kier molecular flexibility index (Phi) is 9.26. The molecular weight excluding hydrogens is 199 g/mol. The predicted molar refractivity (Wildman–Crippen MR) is 53.9 cm³/mol. The maximum atomic E-state index is 10.7. The number of nitrogens with two attached hydrogens (primary N) is 1. The molecule has 3 N–H and O–H groups in total. The van der Waals surface area contributed by atoms with Gasteiger partial charge in [-0.1, -0.05) is 0 Å². The summed E-state index contributed by atoms with van der Waals surface area (Å²) in [5, 5.41) is 2.82. The number of carbonyl (C=O) groups is 1. The van der Waals surface area contributed by atoms with Crippen LogP contribution < -0.4 is 11.1 Å². The van der Waals surface area contributed by atoms with Crippen LogP contribution in [0.2, 0.25) is 0 Å².